The number of hydrogen-bond acceptors (Lipinski definition) is 2. The Hall–Kier alpha value is -0.480. The van der Waals surface area contributed by atoms with E-state index in [2.05, 4.69) is 15.9 Å². The van der Waals surface area contributed by atoms with Gasteiger partial charge in [0.1, 0.15) is 5.78 Å². The van der Waals surface area contributed by atoms with Gasteiger partial charge in [0.15, 0.2) is 0 Å². The number of benzene rings is 1. The lowest BCUT2D eigenvalue weighted by Crippen LogP contribution is -2.12. The number of Topliss-reactive ketones (excluding diaryl/α,β-unsaturated/α-hetero) is 1. The van der Waals surface area contributed by atoms with Crippen molar-refractivity contribution < 1.29 is 9.00 Å². The molecule has 0 bridgehead atoms. The van der Waals surface area contributed by atoms with Crippen LogP contribution in [-0.4, -0.2) is 15.7 Å². The summed E-state index contributed by atoms with van der Waals surface area (Å²) in [4.78, 5) is 12.2. The summed E-state index contributed by atoms with van der Waals surface area (Å²) in [5.41, 5.74) is 0. The van der Waals surface area contributed by atoms with Gasteiger partial charge >= 0.3 is 0 Å². The summed E-state index contributed by atoms with van der Waals surface area (Å²) in [6, 6.07) is 7.31. The van der Waals surface area contributed by atoms with Crippen LogP contribution in [0.1, 0.15) is 12.8 Å². The fourth-order valence-corrected chi connectivity index (χ4v) is 3.04. The van der Waals surface area contributed by atoms with Crippen LogP contribution in [0.2, 0.25) is 0 Å². The first kappa shape index (κ1) is 11.0. The third-order valence-electron chi connectivity index (χ3n) is 2.37. The summed E-state index contributed by atoms with van der Waals surface area (Å²) >= 11 is 3.32. The van der Waals surface area contributed by atoms with E-state index in [4.69, 9.17) is 0 Å². The Morgan fingerprint density at radius 2 is 2.20 bits per heavy atom. The Bertz CT molecular complexity index is 413. The summed E-state index contributed by atoms with van der Waals surface area (Å²) in [5, 5.41) is 0. The van der Waals surface area contributed by atoms with Crippen LogP contribution in [0.5, 0.6) is 0 Å². The maximum atomic E-state index is 11.8. The number of hydrogen-bond donors (Lipinski definition) is 0. The molecule has 1 aromatic rings. The number of halogens is 1. The highest BCUT2D eigenvalue weighted by molar-refractivity contribution is 9.10. The number of ketones is 1. The summed E-state index contributed by atoms with van der Waals surface area (Å²) in [5.74, 6) is 0.510. The van der Waals surface area contributed by atoms with Gasteiger partial charge in [0.2, 0.25) is 0 Å². The van der Waals surface area contributed by atoms with Crippen LogP contribution >= 0.6 is 15.9 Å². The van der Waals surface area contributed by atoms with Crippen molar-refractivity contribution in [2.45, 2.75) is 17.7 Å². The van der Waals surface area contributed by atoms with Gasteiger partial charge in [-0.05, 0) is 31.0 Å². The fraction of sp³-hybridized carbons (Fsp3) is 0.364. The lowest BCUT2D eigenvalue weighted by Gasteiger charge is -2.01. The molecule has 0 aliphatic heterocycles. The zero-order valence-corrected chi connectivity index (χ0v) is 10.5. The van der Waals surface area contributed by atoms with Crippen LogP contribution in [0.25, 0.3) is 0 Å². The van der Waals surface area contributed by atoms with Crippen molar-refractivity contribution in [3.8, 4) is 0 Å². The van der Waals surface area contributed by atoms with Crippen LogP contribution in [0, 0.1) is 5.92 Å². The lowest BCUT2D eigenvalue weighted by molar-refractivity contribution is -0.117. The second-order valence-corrected chi connectivity index (χ2v) is 6.05. The number of rotatable bonds is 4. The van der Waals surface area contributed by atoms with Crippen LogP contribution in [0.15, 0.2) is 33.6 Å². The topological polar surface area (TPSA) is 34.1 Å². The molecular weight excluding hydrogens is 276 g/mol. The quantitative estimate of drug-likeness (QED) is 0.852. The van der Waals surface area contributed by atoms with Crippen molar-refractivity contribution in [1.82, 2.24) is 0 Å². The molecule has 2 nitrogen and oxygen atoms in total. The van der Waals surface area contributed by atoms with Gasteiger partial charge in [0, 0.05) is 15.3 Å². The summed E-state index contributed by atoms with van der Waals surface area (Å²) in [6.07, 6.45) is 1.96. The van der Waals surface area contributed by atoms with Crippen molar-refractivity contribution in [3.05, 3.63) is 28.7 Å². The molecule has 1 saturated carbocycles. The summed E-state index contributed by atoms with van der Waals surface area (Å²) < 4.78 is 12.7. The maximum absolute atomic E-state index is 11.8. The molecule has 1 aromatic carbocycles. The zero-order valence-electron chi connectivity index (χ0n) is 8.11. The van der Waals surface area contributed by atoms with E-state index in [0.717, 1.165) is 22.2 Å². The van der Waals surface area contributed by atoms with E-state index in [1.807, 2.05) is 12.1 Å². The predicted octanol–water partition coefficient (Wildman–Crippen LogP) is 2.54. The van der Waals surface area contributed by atoms with Crippen LogP contribution in [0.3, 0.4) is 0 Å². The first-order chi connectivity index (χ1) is 7.16. The highest BCUT2D eigenvalue weighted by atomic mass is 79.9. The van der Waals surface area contributed by atoms with Gasteiger partial charge < -0.3 is 0 Å². The normalized spacial score (nSPS) is 17.4. The van der Waals surface area contributed by atoms with Crippen molar-refractivity contribution in [1.29, 1.82) is 0 Å². The monoisotopic (exact) mass is 286 g/mol. The smallest absolute Gasteiger partial charge is 0.148 e. The second-order valence-electron chi connectivity index (χ2n) is 3.69. The molecule has 0 spiro atoms. The molecule has 0 heterocycles. The zero-order chi connectivity index (χ0) is 10.8. The molecule has 1 aliphatic carbocycles. The Kier molecular flexibility index (Phi) is 3.36. The average Bonchev–Trinajstić information content (AvgIpc) is 3.00. The standard InChI is InChI=1S/C11H11BrO2S/c12-9-2-1-3-10(6-9)15(14)7-11(13)8-4-5-8/h1-3,6,8H,4-5,7H2. The molecule has 4 heteroatoms. The molecule has 0 aromatic heterocycles. The summed E-state index contributed by atoms with van der Waals surface area (Å²) in [7, 11) is -1.18. The van der Waals surface area contributed by atoms with Gasteiger partial charge in [-0.25, -0.2) is 0 Å². The predicted molar refractivity (Wildman–Crippen MR) is 63.1 cm³/mol. The number of carbonyl (C=O) groups excluding carboxylic acids is 1. The molecule has 0 radical (unpaired) electrons. The first-order valence-electron chi connectivity index (χ1n) is 4.83. The van der Waals surface area contributed by atoms with E-state index >= 15 is 0 Å². The van der Waals surface area contributed by atoms with Gasteiger partial charge in [0.05, 0.1) is 16.6 Å². The van der Waals surface area contributed by atoms with E-state index < -0.39 is 10.8 Å². The second kappa shape index (κ2) is 4.58. The van der Waals surface area contributed by atoms with Crippen molar-refractivity contribution >= 4 is 32.5 Å². The van der Waals surface area contributed by atoms with E-state index in [9.17, 15) is 9.00 Å². The maximum Gasteiger partial charge on any atom is 0.148 e. The van der Waals surface area contributed by atoms with Crippen molar-refractivity contribution in [2.24, 2.45) is 5.92 Å². The van der Waals surface area contributed by atoms with Crippen molar-refractivity contribution in [2.75, 3.05) is 5.75 Å². The molecule has 15 heavy (non-hydrogen) atoms. The fourth-order valence-electron chi connectivity index (χ4n) is 1.34. The summed E-state index contributed by atoms with van der Waals surface area (Å²) in [6.45, 7) is 0. The van der Waals surface area contributed by atoms with E-state index in [0.29, 0.717) is 0 Å². The SMILES string of the molecule is O=C(CS(=O)c1cccc(Br)c1)C1CC1. The minimum Gasteiger partial charge on any atom is -0.298 e. The average molecular weight is 287 g/mol. The van der Waals surface area contributed by atoms with Gasteiger partial charge in [0.25, 0.3) is 0 Å². The number of carbonyl (C=O) groups is 1. The largest absolute Gasteiger partial charge is 0.298 e. The van der Waals surface area contributed by atoms with Gasteiger partial charge in [-0.1, -0.05) is 22.0 Å². The third-order valence-corrected chi connectivity index (χ3v) is 4.18. The lowest BCUT2D eigenvalue weighted by atomic mass is 10.3. The highest BCUT2D eigenvalue weighted by Crippen LogP contribution is 2.30. The van der Waals surface area contributed by atoms with E-state index in [1.165, 1.54) is 0 Å². The van der Waals surface area contributed by atoms with Gasteiger partial charge in [-0.3, -0.25) is 9.00 Å². The first-order valence-corrected chi connectivity index (χ1v) is 6.94. The van der Waals surface area contributed by atoms with Crippen molar-refractivity contribution in [3.63, 3.8) is 0 Å². The molecule has 0 amide bonds. The van der Waals surface area contributed by atoms with Crippen LogP contribution < -0.4 is 0 Å². The Labute approximate surface area is 99.7 Å². The molecule has 2 rings (SSSR count). The highest BCUT2D eigenvalue weighted by Gasteiger charge is 2.30. The molecule has 0 N–H and O–H groups in total. The van der Waals surface area contributed by atoms with E-state index in [1.54, 1.807) is 12.1 Å². The molecule has 1 atom stereocenters. The molecule has 1 aliphatic rings. The molecule has 1 unspecified atom stereocenters. The molecular formula is C11H11BrO2S. The van der Waals surface area contributed by atoms with Crippen LogP contribution in [-0.2, 0) is 15.6 Å². The Morgan fingerprint density at radius 3 is 2.80 bits per heavy atom. The minimum atomic E-state index is -1.18. The Balaban J connectivity index is 2.03. The molecule has 0 saturated heterocycles. The Morgan fingerprint density at radius 1 is 1.47 bits per heavy atom. The third kappa shape index (κ3) is 2.98. The van der Waals surface area contributed by atoms with E-state index in [-0.39, 0.29) is 17.5 Å². The van der Waals surface area contributed by atoms with Gasteiger partial charge in [-0.15, -0.1) is 0 Å². The van der Waals surface area contributed by atoms with Crippen LogP contribution in [0.4, 0.5) is 0 Å². The minimum absolute atomic E-state index is 0.147. The molecule has 80 valence electrons. The van der Waals surface area contributed by atoms with Gasteiger partial charge in [-0.2, -0.15) is 0 Å². The molecule has 1 fully saturated rings.